The Bertz CT molecular complexity index is 373. The maximum Gasteiger partial charge on any atom is 0.207 e. The van der Waals surface area contributed by atoms with Crippen LogP contribution in [0.3, 0.4) is 0 Å². The molecule has 0 unspecified atom stereocenters. The van der Waals surface area contributed by atoms with E-state index in [-0.39, 0.29) is 12.4 Å². The number of ketones is 1. The Morgan fingerprint density at radius 3 is 3.07 bits per heavy atom. The molecule has 0 aliphatic carbocycles. The van der Waals surface area contributed by atoms with E-state index in [1.807, 2.05) is 0 Å². The molecule has 1 aromatic carbocycles. The van der Waals surface area contributed by atoms with E-state index in [1.165, 1.54) is 0 Å². The molecule has 2 rings (SSSR count). The summed E-state index contributed by atoms with van der Waals surface area (Å²) in [7, 11) is 1.60. The average Bonchev–Trinajstić information content (AvgIpc) is 2.62. The van der Waals surface area contributed by atoms with Gasteiger partial charge in [0.05, 0.1) is 6.61 Å². The van der Waals surface area contributed by atoms with Crippen LogP contribution in [0.2, 0.25) is 0 Å². The van der Waals surface area contributed by atoms with Gasteiger partial charge in [-0.3, -0.25) is 4.79 Å². The summed E-state index contributed by atoms with van der Waals surface area (Å²) in [6, 6.07) is 5.34. The number of carbonyl (C=O) groups excluding carboxylic acids is 1. The molecule has 1 aromatic rings. The smallest absolute Gasteiger partial charge is 0.207 e. The number of ether oxygens (including phenoxy) is 3. The van der Waals surface area contributed by atoms with Crippen molar-refractivity contribution >= 4 is 5.78 Å². The zero-order valence-electron chi connectivity index (χ0n) is 8.49. The lowest BCUT2D eigenvalue weighted by Crippen LogP contribution is -2.07. The van der Waals surface area contributed by atoms with Crippen LogP contribution in [-0.4, -0.2) is 32.7 Å². The maximum absolute atomic E-state index is 11.5. The Hall–Kier alpha value is -1.55. The second-order valence-electron chi connectivity index (χ2n) is 3.18. The van der Waals surface area contributed by atoms with Crippen molar-refractivity contribution in [1.82, 2.24) is 0 Å². The van der Waals surface area contributed by atoms with Gasteiger partial charge in [0.25, 0.3) is 0 Å². The molecular weight excluding hydrogens is 196 g/mol. The third kappa shape index (κ3) is 1.94. The second kappa shape index (κ2) is 4.31. The summed E-state index contributed by atoms with van der Waals surface area (Å²) < 4.78 is 15.5. The number of hydrogen-bond donors (Lipinski definition) is 0. The van der Waals surface area contributed by atoms with E-state index < -0.39 is 0 Å². The molecule has 0 bridgehead atoms. The van der Waals surface area contributed by atoms with E-state index in [1.54, 1.807) is 25.3 Å². The van der Waals surface area contributed by atoms with Crippen LogP contribution in [0.1, 0.15) is 10.4 Å². The van der Waals surface area contributed by atoms with Gasteiger partial charge in [-0.15, -0.1) is 0 Å². The van der Waals surface area contributed by atoms with Crippen LogP contribution in [0, 0.1) is 0 Å². The Morgan fingerprint density at radius 2 is 2.27 bits per heavy atom. The summed E-state index contributed by atoms with van der Waals surface area (Å²) >= 11 is 0. The molecule has 80 valence electrons. The average molecular weight is 208 g/mol. The zero-order valence-corrected chi connectivity index (χ0v) is 8.49. The van der Waals surface area contributed by atoms with Gasteiger partial charge in [-0.05, 0) is 12.1 Å². The van der Waals surface area contributed by atoms with Crippen molar-refractivity contribution in [3.05, 3.63) is 23.8 Å². The molecule has 0 fully saturated rings. The summed E-state index contributed by atoms with van der Waals surface area (Å²) in [5.74, 6) is 1.15. The number of benzene rings is 1. The molecule has 1 heterocycles. The fraction of sp³-hybridized carbons (Fsp3) is 0.364. The van der Waals surface area contributed by atoms with Crippen LogP contribution in [0.5, 0.6) is 11.5 Å². The maximum atomic E-state index is 11.5. The number of Topliss-reactive ketones (excluding diaryl/α,β-unsaturated/α-hetero) is 1. The highest BCUT2D eigenvalue weighted by Gasteiger charge is 2.25. The van der Waals surface area contributed by atoms with Gasteiger partial charge in [-0.1, -0.05) is 6.07 Å². The van der Waals surface area contributed by atoms with Crippen molar-refractivity contribution in [2.24, 2.45) is 0 Å². The largest absolute Gasteiger partial charge is 0.490 e. The molecule has 0 N–H and O–H groups in total. The quantitative estimate of drug-likeness (QED) is 0.699. The number of fused-ring (bicyclic) bond motifs is 1. The Labute approximate surface area is 87.8 Å². The molecule has 0 amide bonds. The standard InChI is InChI=1S/C11H12O4/c1-13-5-6-14-9-3-2-4-10-11(9)8(12)7-15-10/h2-4H,5-7H2,1H3. The molecule has 0 aromatic heterocycles. The van der Waals surface area contributed by atoms with Crippen LogP contribution >= 0.6 is 0 Å². The molecule has 0 saturated carbocycles. The summed E-state index contributed by atoms with van der Waals surface area (Å²) in [6.45, 7) is 1.04. The van der Waals surface area contributed by atoms with Crippen molar-refractivity contribution < 1.29 is 19.0 Å². The molecule has 1 aliphatic heterocycles. The SMILES string of the molecule is COCCOc1cccc2c1C(=O)CO2. The van der Waals surface area contributed by atoms with Gasteiger partial charge in [0.15, 0.2) is 6.61 Å². The van der Waals surface area contributed by atoms with Crippen LogP contribution in [0.4, 0.5) is 0 Å². The van der Waals surface area contributed by atoms with Crippen molar-refractivity contribution in [1.29, 1.82) is 0 Å². The van der Waals surface area contributed by atoms with Crippen molar-refractivity contribution in [2.75, 3.05) is 26.9 Å². The van der Waals surface area contributed by atoms with E-state index in [4.69, 9.17) is 14.2 Å². The van der Waals surface area contributed by atoms with Crippen molar-refractivity contribution in [3.8, 4) is 11.5 Å². The summed E-state index contributed by atoms with van der Waals surface area (Å²) in [5.41, 5.74) is 0.550. The number of methoxy groups -OCH3 is 1. The van der Waals surface area contributed by atoms with Gasteiger partial charge < -0.3 is 14.2 Å². The van der Waals surface area contributed by atoms with Gasteiger partial charge in [-0.2, -0.15) is 0 Å². The van der Waals surface area contributed by atoms with Gasteiger partial charge >= 0.3 is 0 Å². The van der Waals surface area contributed by atoms with E-state index in [0.717, 1.165) is 0 Å². The number of carbonyl (C=O) groups is 1. The zero-order chi connectivity index (χ0) is 10.7. The molecule has 4 nitrogen and oxygen atoms in total. The van der Waals surface area contributed by atoms with E-state index in [9.17, 15) is 4.79 Å². The summed E-state index contributed by atoms with van der Waals surface area (Å²) in [4.78, 5) is 11.5. The lowest BCUT2D eigenvalue weighted by molar-refractivity contribution is 0.0956. The fourth-order valence-electron chi connectivity index (χ4n) is 1.48. The molecule has 1 aliphatic rings. The minimum absolute atomic E-state index is 0.0296. The minimum atomic E-state index is -0.0296. The lowest BCUT2D eigenvalue weighted by atomic mass is 10.1. The highest BCUT2D eigenvalue weighted by molar-refractivity contribution is 6.04. The highest BCUT2D eigenvalue weighted by atomic mass is 16.5. The molecule has 0 spiro atoms. The minimum Gasteiger partial charge on any atom is -0.490 e. The van der Waals surface area contributed by atoms with Crippen LogP contribution in [-0.2, 0) is 4.74 Å². The molecule has 15 heavy (non-hydrogen) atoms. The van der Waals surface area contributed by atoms with Crippen molar-refractivity contribution in [2.45, 2.75) is 0 Å². The first kappa shape index (κ1) is 9.98. The topological polar surface area (TPSA) is 44.8 Å². The summed E-state index contributed by atoms with van der Waals surface area (Å²) in [5, 5.41) is 0. The van der Waals surface area contributed by atoms with E-state index >= 15 is 0 Å². The summed E-state index contributed by atoms with van der Waals surface area (Å²) in [6.07, 6.45) is 0. The van der Waals surface area contributed by atoms with Gasteiger partial charge in [0, 0.05) is 7.11 Å². The molecular formula is C11H12O4. The molecule has 0 atom stereocenters. The van der Waals surface area contributed by atoms with Crippen LogP contribution in [0.15, 0.2) is 18.2 Å². The van der Waals surface area contributed by atoms with Gasteiger partial charge in [-0.25, -0.2) is 0 Å². The third-order valence-corrected chi connectivity index (χ3v) is 2.17. The number of hydrogen-bond acceptors (Lipinski definition) is 4. The van der Waals surface area contributed by atoms with E-state index in [2.05, 4.69) is 0 Å². The predicted octanol–water partition coefficient (Wildman–Crippen LogP) is 1.29. The normalized spacial score (nSPS) is 13.5. The number of rotatable bonds is 4. The monoisotopic (exact) mass is 208 g/mol. The van der Waals surface area contributed by atoms with Crippen LogP contribution < -0.4 is 9.47 Å². The fourth-order valence-corrected chi connectivity index (χ4v) is 1.48. The van der Waals surface area contributed by atoms with Gasteiger partial charge in [0.2, 0.25) is 5.78 Å². The van der Waals surface area contributed by atoms with Crippen molar-refractivity contribution in [3.63, 3.8) is 0 Å². The van der Waals surface area contributed by atoms with Crippen LogP contribution in [0.25, 0.3) is 0 Å². The molecule has 4 heteroatoms. The second-order valence-corrected chi connectivity index (χ2v) is 3.18. The highest BCUT2D eigenvalue weighted by Crippen LogP contribution is 2.32. The Balaban J connectivity index is 2.17. The Morgan fingerprint density at radius 1 is 1.40 bits per heavy atom. The Kier molecular flexibility index (Phi) is 2.87. The molecule has 0 saturated heterocycles. The predicted molar refractivity (Wildman–Crippen MR) is 53.6 cm³/mol. The molecule has 0 radical (unpaired) electrons. The third-order valence-electron chi connectivity index (χ3n) is 2.17. The first-order valence-corrected chi connectivity index (χ1v) is 4.73. The first-order chi connectivity index (χ1) is 7.33. The first-order valence-electron chi connectivity index (χ1n) is 4.73. The van der Waals surface area contributed by atoms with E-state index in [0.29, 0.717) is 30.3 Å². The van der Waals surface area contributed by atoms with Gasteiger partial charge in [0.1, 0.15) is 23.7 Å². The lowest BCUT2D eigenvalue weighted by Gasteiger charge is -2.07.